The summed E-state index contributed by atoms with van der Waals surface area (Å²) in [5.41, 5.74) is 2.41. The molecule has 0 radical (unpaired) electrons. The molecule has 5 nitrogen and oxygen atoms in total. The average Bonchev–Trinajstić information content (AvgIpc) is 2.45. The lowest BCUT2D eigenvalue weighted by molar-refractivity contribution is 0.379. The Morgan fingerprint density at radius 2 is 1.95 bits per heavy atom. The molecule has 1 N–H and O–H groups in total. The van der Waals surface area contributed by atoms with Crippen molar-refractivity contribution in [1.29, 1.82) is 0 Å². The number of benzene rings is 1. The smallest absolute Gasteiger partial charge is 0.321 e. The highest BCUT2D eigenvalue weighted by atomic mass is 16.5. The first-order valence-corrected chi connectivity index (χ1v) is 6.89. The van der Waals surface area contributed by atoms with Gasteiger partial charge in [0.15, 0.2) is 5.82 Å². The van der Waals surface area contributed by atoms with Crippen LogP contribution in [0.1, 0.15) is 30.7 Å². The van der Waals surface area contributed by atoms with Gasteiger partial charge in [-0.1, -0.05) is 30.7 Å². The molecule has 0 saturated heterocycles. The molecule has 1 aliphatic carbocycles. The van der Waals surface area contributed by atoms with Crippen molar-refractivity contribution in [1.82, 2.24) is 15.0 Å². The molecule has 0 unspecified atom stereocenters. The van der Waals surface area contributed by atoms with Gasteiger partial charge in [0.25, 0.3) is 0 Å². The van der Waals surface area contributed by atoms with E-state index in [9.17, 15) is 0 Å². The third-order valence-corrected chi connectivity index (χ3v) is 3.77. The maximum absolute atomic E-state index is 5.16. The van der Waals surface area contributed by atoms with E-state index >= 15 is 0 Å². The highest BCUT2D eigenvalue weighted by molar-refractivity contribution is 5.62. The van der Waals surface area contributed by atoms with Crippen molar-refractivity contribution >= 4 is 5.95 Å². The Morgan fingerprint density at radius 3 is 2.60 bits per heavy atom. The second kappa shape index (κ2) is 5.45. The lowest BCUT2D eigenvalue weighted by Gasteiger charge is -2.27. The van der Waals surface area contributed by atoms with E-state index in [0.717, 1.165) is 5.56 Å². The molecule has 5 heteroatoms. The summed E-state index contributed by atoms with van der Waals surface area (Å²) in [6, 6.07) is 8.68. The molecule has 0 aliphatic heterocycles. The number of nitrogens with one attached hydrogen (secondary N) is 1. The van der Waals surface area contributed by atoms with Crippen molar-refractivity contribution in [3.8, 4) is 17.4 Å². The Bertz CT molecular complexity index is 588. The van der Waals surface area contributed by atoms with Crippen molar-refractivity contribution < 1.29 is 4.74 Å². The van der Waals surface area contributed by atoms with Gasteiger partial charge in [0, 0.05) is 12.6 Å². The molecule has 104 valence electrons. The van der Waals surface area contributed by atoms with Gasteiger partial charge in [0.1, 0.15) is 0 Å². The van der Waals surface area contributed by atoms with Gasteiger partial charge in [-0.2, -0.15) is 15.0 Å². The molecule has 0 spiro atoms. The van der Waals surface area contributed by atoms with Crippen molar-refractivity contribution in [2.75, 3.05) is 19.5 Å². The SMILES string of the molecule is CNc1nc(OC)nc(-c2ccccc2C2CCC2)n1. The topological polar surface area (TPSA) is 59.9 Å². The van der Waals surface area contributed by atoms with Crippen LogP contribution in [0, 0.1) is 0 Å². The fourth-order valence-corrected chi connectivity index (χ4v) is 2.46. The van der Waals surface area contributed by atoms with Gasteiger partial charge in [0.2, 0.25) is 5.95 Å². The Balaban J connectivity index is 2.08. The van der Waals surface area contributed by atoms with Crippen molar-refractivity contribution in [3.63, 3.8) is 0 Å². The van der Waals surface area contributed by atoms with E-state index < -0.39 is 0 Å². The summed E-state index contributed by atoms with van der Waals surface area (Å²) < 4.78 is 5.16. The normalized spacial score (nSPS) is 14.7. The molecule has 1 aliphatic rings. The number of ether oxygens (including phenoxy) is 1. The maximum atomic E-state index is 5.16. The van der Waals surface area contributed by atoms with Crippen LogP contribution in [0.2, 0.25) is 0 Å². The fourth-order valence-electron chi connectivity index (χ4n) is 2.46. The van der Waals surface area contributed by atoms with E-state index in [1.807, 2.05) is 6.07 Å². The second-order valence-corrected chi connectivity index (χ2v) is 4.93. The van der Waals surface area contributed by atoms with Gasteiger partial charge >= 0.3 is 6.01 Å². The number of aromatic nitrogens is 3. The summed E-state index contributed by atoms with van der Waals surface area (Å²) in [7, 11) is 3.35. The van der Waals surface area contributed by atoms with Crippen LogP contribution in [-0.2, 0) is 0 Å². The standard InChI is InChI=1S/C15H18N4O/c1-16-14-17-13(18-15(19-14)20-2)12-9-4-3-8-11(12)10-6-5-7-10/h3-4,8-10H,5-7H2,1-2H3,(H,16,17,18,19). The third kappa shape index (κ3) is 2.31. The highest BCUT2D eigenvalue weighted by Gasteiger charge is 2.23. The molecule has 1 saturated carbocycles. The molecule has 0 bridgehead atoms. The van der Waals surface area contributed by atoms with Crippen LogP contribution >= 0.6 is 0 Å². The minimum atomic E-state index is 0.336. The van der Waals surface area contributed by atoms with Gasteiger partial charge in [-0.15, -0.1) is 0 Å². The van der Waals surface area contributed by atoms with Gasteiger partial charge in [-0.3, -0.25) is 0 Å². The minimum absolute atomic E-state index is 0.336. The lowest BCUT2D eigenvalue weighted by atomic mass is 9.78. The Morgan fingerprint density at radius 1 is 1.15 bits per heavy atom. The highest BCUT2D eigenvalue weighted by Crippen LogP contribution is 2.40. The zero-order valence-corrected chi connectivity index (χ0v) is 11.8. The summed E-state index contributed by atoms with van der Waals surface area (Å²) in [6.45, 7) is 0. The van der Waals surface area contributed by atoms with Gasteiger partial charge < -0.3 is 10.1 Å². The minimum Gasteiger partial charge on any atom is -0.467 e. The molecule has 1 fully saturated rings. The molecule has 20 heavy (non-hydrogen) atoms. The quantitative estimate of drug-likeness (QED) is 0.925. The van der Waals surface area contributed by atoms with Crippen molar-refractivity contribution in [2.45, 2.75) is 25.2 Å². The second-order valence-electron chi connectivity index (χ2n) is 4.93. The van der Waals surface area contributed by atoms with Crippen molar-refractivity contribution in [3.05, 3.63) is 29.8 Å². The predicted octanol–water partition coefficient (Wildman–Crippen LogP) is 2.86. The summed E-state index contributed by atoms with van der Waals surface area (Å²) in [5, 5.41) is 2.95. The predicted molar refractivity (Wildman–Crippen MR) is 78.0 cm³/mol. The monoisotopic (exact) mass is 270 g/mol. The van der Waals surface area contributed by atoms with E-state index in [4.69, 9.17) is 4.74 Å². The summed E-state index contributed by atoms with van der Waals surface area (Å²) >= 11 is 0. The number of nitrogens with zero attached hydrogens (tertiary/aromatic N) is 3. The van der Waals surface area contributed by atoms with Crippen LogP contribution in [0.5, 0.6) is 6.01 Å². The summed E-state index contributed by atoms with van der Waals surface area (Å²) in [4.78, 5) is 13.0. The number of rotatable bonds is 4. The molecule has 1 aromatic carbocycles. The average molecular weight is 270 g/mol. The molecule has 0 atom stereocenters. The molecule has 1 heterocycles. The van der Waals surface area contributed by atoms with E-state index in [0.29, 0.717) is 23.7 Å². The zero-order valence-electron chi connectivity index (χ0n) is 11.8. The summed E-state index contributed by atoms with van der Waals surface area (Å²) in [5.74, 6) is 1.82. The lowest BCUT2D eigenvalue weighted by Crippen LogP contribution is -2.11. The largest absolute Gasteiger partial charge is 0.467 e. The van der Waals surface area contributed by atoms with Crippen LogP contribution in [0.4, 0.5) is 5.95 Å². The van der Waals surface area contributed by atoms with Crippen LogP contribution in [-0.4, -0.2) is 29.1 Å². The molecule has 1 aromatic heterocycles. The maximum Gasteiger partial charge on any atom is 0.321 e. The third-order valence-electron chi connectivity index (χ3n) is 3.77. The van der Waals surface area contributed by atoms with E-state index in [-0.39, 0.29) is 0 Å². The molecule has 3 rings (SSSR count). The van der Waals surface area contributed by atoms with Crippen LogP contribution in [0.3, 0.4) is 0 Å². The first-order valence-electron chi connectivity index (χ1n) is 6.89. The Labute approximate surface area is 118 Å². The van der Waals surface area contributed by atoms with Crippen molar-refractivity contribution in [2.24, 2.45) is 0 Å². The summed E-state index contributed by atoms with van der Waals surface area (Å²) in [6.07, 6.45) is 3.80. The molecule has 2 aromatic rings. The van der Waals surface area contributed by atoms with Gasteiger partial charge in [0.05, 0.1) is 7.11 Å². The molecular formula is C15H18N4O. The van der Waals surface area contributed by atoms with E-state index in [2.05, 4.69) is 38.5 Å². The van der Waals surface area contributed by atoms with Crippen LogP contribution in [0.25, 0.3) is 11.4 Å². The Hall–Kier alpha value is -2.17. The first-order chi connectivity index (χ1) is 9.81. The molecular weight excluding hydrogens is 252 g/mol. The first kappa shape index (κ1) is 12.8. The van der Waals surface area contributed by atoms with Gasteiger partial charge in [-0.05, 0) is 24.3 Å². The van der Waals surface area contributed by atoms with Crippen LogP contribution in [0.15, 0.2) is 24.3 Å². The van der Waals surface area contributed by atoms with E-state index in [1.165, 1.54) is 24.8 Å². The Kier molecular flexibility index (Phi) is 3.50. The molecule has 0 amide bonds. The van der Waals surface area contributed by atoms with Gasteiger partial charge in [-0.25, -0.2) is 0 Å². The van der Waals surface area contributed by atoms with E-state index in [1.54, 1.807) is 14.2 Å². The zero-order chi connectivity index (χ0) is 13.9. The number of anilines is 1. The number of hydrogen-bond donors (Lipinski definition) is 1. The van der Waals surface area contributed by atoms with Crippen LogP contribution < -0.4 is 10.1 Å². The fraction of sp³-hybridized carbons (Fsp3) is 0.400. The number of methoxy groups -OCH3 is 1. The number of hydrogen-bond acceptors (Lipinski definition) is 5.